The van der Waals surface area contributed by atoms with Gasteiger partial charge in [0.25, 0.3) is 0 Å². The second kappa shape index (κ2) is 7.81. The summed E-state index contributed by atoms with van der Waals surface area (Å²) in [4.78, 5) is 4.33. The molecule has 1 N–H and O–H groups in total. The summed E-state index contributed by atoms with van der Waals surface area (Å²) in [5, 5.41) is 0. The summed E-state index contributed by atoms with van der Waals surface area (Å²) in [5.41, 5.74) is 0.775. The van der Waals surface area contributed by atoms with E-state index in [2.05, 4.69) is 9.71 Å². The summed E-state index contributed by atoms with van der Waals surface area (Å²) in [5.74, 6) is 1.23. The van der Waals surface area contributed by atoms with Crippen molar-refractivity contribution in [1.82, 2.24) is 14.3 Å². The van der Waals surface area contributed by atoms with E-state index in [-0.39, 0.29) is 10.6 Å². The van der Waals surface area contributed by atoms with E-state index >= 15 is 0 Å². The highest BCUT2D eigenvalue weighted by atomic mass is 32.2. The Morgan fingerprint density at radius 2 is 1.81 bits per heavy atom. The van der Waals surface area contributed by atoms with E-state index in [1.807, 2.05) is 37.4 Å². The van der Waals surface area contributed by atoms with Crippen molar-refractivity contribution in [3.63, 3.8) is 0 Å². The molecule has 3 rings (SSSR count). The summed E-state index contributed by atoms with van der Waals surface area (Å²) in [6.07, 6.45) is 3.40. The third-order valence-corrected chi connectivity index (χ3v) is 5.63. The standard InChI is InChI=1S/C19H21N3O4S/c1-22-12-11-20-19(22)18(14-7-5-4-6-8-14)21-27(23,24)17-13-15(25-2)9-10-16(17)26-3/h4-13,18,21H,1-3H3/t18-/m0/s1. The number of sulfonamides is 1. The molecule has 1 atom stereocenters. The second-order valence-corrected chi connectivity index (χ2v) is 7.56. The second-order valence-electron chi connectivity index (χ2n) is 5.88. The van der Waals surface area contributed by atoms with Crippen molar-refractivity contribution in [2.75, 3.05) is 14.2 Å². The molecule has 0 saturated carbocycles. The van der Waals surface area contributed by atoms with Crippen LogP contribution in [-0.2, 0) is 17.1 Å². The van der Waals surface area contributed by atoms with Gasteiger partial charge in [-0.25, -0.2) is 13.4 Å². The van der Waals surface area contributed by atoms with Gasteiger partial charge in [-0.1, -0.05) is 30.3 Å². The van der Waals surface area contributed by atoms with E-state index in [9.17, 15) is 8.42 Å². The van der Waals surface area contributed by atoms with Crippen molar-refractivity contribution in [3.05, 3.63) is 72.3 Å². The van der Waals surface area contributed by atoms with Gasteiger partial charge in [-0.05, 0) is 17.7 Å². The first-order valence-electron chi connectivity index (χ1n) is 8.23. The average Bonchev–Trinajstić information content (AvgIpc) is 3.12. The molecule has 1 aromatic heterocycles. The highest BCUT2D eigenvalue weighted by Crippen LogP contribution is 2.30. The Bertz CT molecular complexity index is 1020. The topological polar surface area (TPSA) is 82.4 Å². The normalized spacial score (nSPS) is 12.6. The zero-order chi connectivity index (χ0) is 19.4. The van der Waals surface area contributed by atoms with Crippen LogP contribution in [0.15, 0.2) is 65.8 Å². The molecule has 0 fully saturated rings. The van der Waals surface area contributed by atoms with Crippen molar-refractivity contribution >= 4 is 10.0 Å². The Kier molecular flexibility index (Phi) is 5.48. The number of aryl methyl sites for hydroxylation is 1. The molecule has 0 radical (unpaired) electrons. The van der Waals surface area contributed by atoms with Crippen molar-refractivity contribution in [1.29, 1.82) is 0 Å². The molecule has 8 heteroatoms. The van der Waals surface area contributed by atoms with Crippen LogP contribution < -0.4 is 14.2 Å². The Labute approximate surface area is 158 Å². The van der Waals surface area contributed by atoms with Crippen LogP contribution in [0.5, 0.6) is 11.5 Å². The van der Waals surface area contributed by atoms with E-state index < -0.39 is 16.1 Å². The number of methoxy groups -OCH3 is 2. The number of ether oxygens (including phenoxy) is 2. The minimum atomic E-state index is -3.93. The van der Waals surface area contributed by atoms with Gasteiger partial charge in [-0.15, -0.1) is 0 Å². The van der Waals surface area contributed by atoms with E-state index in [1.54, 1.807) is 29.1 Å². The fourth-order valence-electron chi connectivity index (χ4n) is 2.78. The lowest BCUT2D eigenvalue weighted by atomic mass is 10.1. The van der Waals surface area contributed by atoms with Gasteiger partial charge in [-0.3, -0.25) is 0 Å². The molecule has 0 aliphatic rings. The molecule has 0 aliphatic heterocycles. The third kappa shape index (κ3) is 3.96. The quantitative estimate of drug-likeness (QED) is 0.674. The predicted molar refractivity (Wildman–Crippen MR) is 101 cm³/mol. The molecule has 0 saturated heterocycles. The molecule has 0 spiro atoms. The van der Waals surface area contributed by atoms with Crippen LogP contribution in [0.25, 0.3) is 0 Å². The lowest BCUT2D eigenvalue weighted by molar-refractivity contribution is 0.391. The minimum Gasteiger partial charge on any atom is -0.497 e. The SMILES string of the molecule is COc1ccc(OC)c(S(=O)(=O)N[C@@H](c2ccccc2)c2nccn2C)c1. The van der Waals surface area contributed by atoms with Gasteiger partial charge >= 0.3 is 0 Å². The summed E-state index contributed by atoms with van der Waals surface area (Å²) in [6, 6.07) is 13.3. The summed E-state index contributed by atoms with van der Waals surface area (Å²) in [7, 11) is 0.787. The van der Waals surface area contributed by atoms with Crippen molar-refractivity contribution in [2.45, 2.75) is 10.9 Å². The Hall–Kier alpha value is -2.84. The van der Waals surface area contributed by atoms with E-state index in [4.69, 9.17) is 9.47 Å². The molecule has 1 heterocycles. The molecule has 3 aromatic rings. The number of imidazole rings is 1. The fourth-order valence-corrected chi connectivity index (χ4v) is 4.15. The summed E-state index contributed by atoms with van der Waals surface area (Å²) in [6.45, 7) is 0. The van der Waals surface area contributed by atoms with Gasteiger partial charge < -0.3 is 14.0 Å². The summed E-state index contributed by atoms with van der Waals surface area (Å²) < 4.78 is 41.3. The first-order chi connectivity index (χ1) is 13.0. The molecule has 2 aromatic carbocycles. The fraction of sp³-hybridized carbons (Fsp3) is 0.211. The van der Waals surface area contributed by atoms with Crippen LogP contribution in [0, 0.1) is 0 Å². The Morgan fingerprint density at radius 3 is 2.41 bits per heavy atom. The predicted octanol–water partition coefficient (Wildman–Crippen LogP) is 2.51. The zero-order valence-corrected chi connectivity index (χ0v) is 16.1. The smallest absolute Gasteiger partial charge is 0.245 e. The van der Waals surface area contributed by atoms with Crippen LogP contribution in [0.1, 0.15) is 17.4 Å². The maximum Gasteiger partial charge on any atom is 0.245 e. The Morgan fingerprint density at radius 1 is 1.07 bits per heavy atom. The number of nitrogens with one attached hydrogen (secondary N) is 1. The van der Waals surface area contributed by atoms with Crippen LogP contribution in [0.3, 0.4) is 0 Å². The number of benzene rings is 2. The maximum atomic E-state index is 13.2. The number of hydrogen-bond acceptors (Lipinski definition) is 5. The van der Waals surface area contributed by atoms with Crippen LogP contribution >= 0.6 is 0 Å². The largest absolute Gasteiger partial charge is 0.497 e. The first-order valence-corrected chi connectivity index (χ1v) is 9.71. The molecule has 0 bridgehead atoms. The molecular formula is C19H21N3O4S. The van der Waals surface area contributed by atoms with E-state index in [1.165, 1.54) is 20.3 Å². The third-order valence-electron chi connectivity index (χ3n) is 4.18. The van der Waals surface area contributed by atoms with Gasteiger partial charge in [0.05, 0.1) is 14.2 Å². The van der Waals surface area contributed by atoms with E-state index in [0.29, 0.717) is 11.6 Å². The monoisotopic (exact) mass is 387 g/mol. The lowest BCUT2D eigenvalue weighted by Gasteiger charge is -2.20. The average molecular weight is 387 g/mol. The molecule has 7 nitrogen and oxygen atoms in total. The molecule has 142 valence electrons. The van der Waals surface area contributed by atoms with Gasteiger partial charge in [0.15, 0.2) is 0 Å². The number of aromatic nitrogens is 2. The zero-order valence-electron chi connectivity index (χ0n) is 15.3. The number of hydrogen-bond donors (Lipinski definition) is 1. The van der Waals surface area contributed by atoms with Crippen molar-refractivity contribution < 1.29 is 17.9 Å². The summed E-state index contributed by atoms with van der Waals surface area (Å²) >= 11 is 0. The Balaban J connectivity index is 2.07. The van der Waals surface area contributed by atoms with Crippen LogP contribution in [0.4, 0.5) is 0 Å². The van der Waals surface area contributed by atoms with Gasteiger partial charge in [0.1, 0.15) is 28.3 Å². The number of rotatable bonds is 7. The number of nitrogens with zero attached hydrogens (tertiary/aromatic N) is 2. The van der Waals surface area contributed by atoms with Gasteiger partial charge in [0.2, 0.25) is 10.0 Å². The van der Waals surface area contributed by atoms with E-state index in [0.717, 1.165) is 5.56 Å². The molecule has 27 heavy (non-hydrogen) atoms. The molecule has 0 aliphatic carbocycles. The van der Waals surface area contributed by atoms with Crippen LogP contribution in [0.2, 0.25) is 0 Å². The minimum absolute atomic E-state index is 0.000472. The van der Waals surface area contributed by atoms with Crippen LogP contribution in [-0.4, -0.2) is 32.2 Å². The molecule has 0 amide bonds. The van der Waals surface area contributed by atoms with Gasteiger partial charge in [-0.2, -0.15) is 4.72 Å². The maximum absolute atomic E-state index is 13.2. The highest BCUT2D eigenvalue weighted by molar-refractivity contribution is 7.89. The molecule has 0 unspecified atom stereocenters. The van der Waals surface area contributed by atoms with Crippen molar-refractivity contribution in [2.24, 2.45) is 7.05 Å². The molecular weight excluding hydrogens is 366 g/mol. The van der Waals surface area contributed by atoms with Gasteiger partial charge in [0, 0.05) is 25.5 Å². The lowest BCUT2D eigenvalue weighted by Crippen LogP contribution is -2.31. The van der Waals surface area contributed by atoms with Crippen molar-refractivity contribution in [3.8, 4) is 11.5 Å². The highest BCUT2D eigenvalue weighted by Gasteiger charge is 2.28. The first kappa shape index (κ1) is 18.9.